The lowest BCUT2D eigenvalue weighted by molar-refractivity contribution is -0.485. The summed E-state index contributed by atoms with van der Waals surface area (Å²) in [6.07, 6.45) is 0.989. The van der Waals surface area contributed by atoms with Crippen LogP contribution in [-0.2, 0) is 14.3 Å². The molecule has 0 aliphatic heterocycles. The summed E-state index contributed by atoms with van der Waals surface area (Å²) < 4.78 is 5.49. The van der Waals surface area contributed by atoms with E-state index in [1.54, 1.807) is 45.0 Å². The summed E-state index contributed by atoms with van der Waals surface area (Å²) in [5, 5.41) is 11.8. The van der Waals surface area contributed by atoms with Gasteiger partial charge in [-0.15, -0.1) is 0 Å². The fourth-order valence-electron chi connectivity index (χ4n) is 3.38. The molecule has 136 valence electrons. The number of carbonyl (C=O) groups is 2. The van der Waals surface area contributed by atoms with Crippen LogP contribution in [0.1, 0.15) is 51.5 Å². The van der Waals surface area contributed by atoms with Gasteiger partial charge in [-0.3, -0.25) is 19.7 Å². The van der Waals surface area contributed by atoms with Crippen molar-refractivity contribution >= 4 is 23.4 Å². The summed E-state index contributed by atoms with van der Waals surface area (Å²) in [7, 11) is 0. The molecule has 0 bridgehead atoms. The fourth-order valence-corrected chi connectivity index (χ4v) is 3.50. The molecular weight excluding hydrogens is 346 g/mol. The van der Waals surface area contributed by atoms with Crippen molar-refractivity contribution in [3.63, 3.8) is 0 Å². The molecule has 25 heavy (non-hydrogen) atoms. The number of carbonyl (C=O) groups excluding carboxylic acids is 2. The molecule has 0 unspecified atom stereocenters. The van der Waals surface area contributed by atoms with Gasteiger partial charge in [-0.05, 0) is 51.3 Å². The van der Waals surface area contributed by atoms with E-state index < -0.39 is 34.4 Å². The number of ketones is 1. The first kappa shape index (κ1) is 19.4. The summed E-state index contributed by atoms with van der Waals surface area (Å²) in [5.41, 5.74) is -1.76. The molecule has 1 aromatic carbocycles. The van der Waals surface area contributed by atoms with E-state index in [0.29, 0.717) is 17.0 Å². The standard InChI is InChI=1S/C18H22ClNO5/c1-17(2,3)25-16(22)18(10-4-5-15(18)21)14(11-20(23)24)12-6-8-13(19)9-7-12/h6-9,14H,4-5,10-11H2,1-3H3/t14-,18+/m0/s1. The van der Waals surface area contributed by atoms with Crippen LogP contribution in [0.15, 0.2) is 24.3 Å². The van der Waals surface area contributed by atoms with E-state index in [4.69, 9.17) is 16.3 Å². The van der Waals surface area contributed by atoms with E-state index in [1.807, 2.05) is 0 Å². The minimum atomic E-state index is -1.52. The van der Waals surface area contributed by atoms with Gasteiger partial charge in [0.25, 0.3) is 0 Å². The quantitative estimate of drug-likeness (QED) is 0.342. The van der Waals surface area contributed by atoms with Crippen molar-refractivity contribution in [2.24, 2.45) is 5.41 Å². The molecule has 0 spiro atoms. The van der Waals surface area contributed by atoms with Gasteiger partial charge in [0.05, 0.1) is 5.92 Å². The summed E-state index contributed by atoms with van der Waals surface area (Å²) in [4.78, 5) is 36.5. The number of esters is 1. The number of halogens is 1. The number of rotatable bonds is 5. The van der Waals surface area contributed by atoms with E-state index in [2.05, 4.69) is 0 Å². The Morgan fingerprint density at radius 2 is 1.96 bits per heavy atom. The molecule has 0 amide bonds. The molecule has 0 radical (unpaired) electrons. The van der Waals surface area contributed by atoms with Gasteiger partial charge in [-0.1, -0.05) is 23.7 Å². The average Bonchev–Trinajstić information content (AvgIpc) is 2.86. The van der Waals surface area contributed by atoms with E-state index in [-0.39, 0.29) is 18.6 Å². The first-order valence-corrected chi connectivity index (χ1v) is 8.58. The number of hydrogen-bond donors (Lipinski definition) is 0. The zero-order valence-electron chi connectivity index (χ0n) is 14.6. The van der Waals surface area contributed by atoms with Crippen LogP contribution in [0.4, 0.5) is 0 Å². The molecule has 1 aliphatic carbocycles. The molecule has 2 rings (SSSR count). The van der Waals surface area contributed by atoms with Gasteiger partial charge < -0.3 is 4.74 Å². The van der Waals surface area contributed by atoms with E-state index in [9.17, 15) is 19.7 Å². The molecule has 0 heterocycles. The number of benzene rings is 1. The van der Waals surface area contributed by atoms with Crippen molar-refractivity contribution in [2.75, 3.05) is 6.54 Å². The summed E-state index contributed by atoms with van der Waals surface area (Å²) >= 11 is 5.90. The molecule has 7 heteroatoms. The second-order valence-electron chi connectivity index (χ2n) is 7.37. The van der Waals surface area contributed by atoms with Gasteiger partial charge >= 0.3 is 5.97 Å². The Morgan fingerprint density at radius 1 is 1.36 bits per heavy atom. The van der Waals surface area contributed by atoms with Crippen LogP contribution >= 0.6 is 11.6 Å². The average molecular weight is 368 g/mol. The summed E-state index contributed by atoms with van der Waals surface area (Å²) in [6.45, 7) is 4.61. The van der Waals surface area contributed by atoms with Gasteiger partial charge in [0, 0.05) is 16.4 Å². The molecule has 1 fully saturated rings. The van der Waals surface area contributed by atoms with E-state index >= 15 is 0 Å². The first-order chi connectivity index (χ1) is 11.6. The Morgan fingerprint density at radius 3 is 2.40 bits per heavy atom. The Balaban J connectivity index is 2.54. The van der Waals surface area contributed by atoms with Crippen molar-refractivity contribution in [2.45, 2.75) is 51.6 Å². The second kappa shape index (κ2) is 7.12. The largest absolute Gasteiger partial charge is 0.459 e. The maximum absolute atomic E-state index is 13.0. The molecule has 1 aromatic rings. The number of hydrogen-bond acceptors (Lipinski definition) is 5. The van der Waals surface area contributed by atoms with Gasteiger partial charge in [0.15, 0.2) is 5.78 Å². The highest BCUT2D eigenvalue weighted by molar-refractivity contribution is 6.30. The molecule has 0 saturated heterocycles. The number of nitro groups is 1. The van der Waals surface area contributed by atoms with Crippen molar-refractivity contribution in [3.8, 4) is 0 Å². The number of ether oxygens (including phenoxy) is 1. The van der Waals surface area contributed by atoms with Crippen molar-refractivity contribution in [1.82, 2.24) is 0 Å². The van der Waals surface area contributed by atoms with E-state index in [1.165, 1.54) is 0 Å². The summed E-state index contributed by atoms with van der Waals surface area (Å²) in [5.74, 6) is -1.85. The van der Waals surface area contributed by atoms with Crippen LogP contribution in [0.3, 0.4) is 0 Å². The minimum Gasteiger partial charge on any atom is -0.459 e. The van der Waals surface area contributed by atoms with Gasteiger partial charge in [0.1, 0.15) is 11.0 Å². The molecule has 0 N–H and O–H groups in total. The summed E-state index contributed by atoms with van der Waals surface area (Å²) in [6, 6.07) is 6.47. The van der Waals surface area contributed by atoms with Gasteiger partial charge in [-0.25, -0.2) is 0 Å². The lowest BCUT2D eigenvalue weighted by Gasteiger charge is -2.34. The van der Waals surface area contributed by atoms with Crippen LogP contribution in [0.25, 0.3) is 0 Å². The third kappa shape index (κ3) is 4.18. The van der Waals surface area contributed by atoms with E-state index in [0.717, 1.165) is 0 Å². The van der Waals surface area contributed by atoms with Crippen molar-refractivity contribution < 1.29 is 19.2 Å². The van der Waals surface area contributed by atoms with Crippen LogP contribution in [0.5, 0.6) is 0 Å². The maximum Gasteiger partial charge on any atom is 0.321 e. The predicted molar refractivity (Wildman–Crippen MR) is 93.2 cm³/mol. The number of nitrogens with zero attached hydrogens (tertiary/aromatic N) is 1. The SMILES string of the molecule is CC(C)(C)OC(=O)[C@@]1([C@@H](C[N+](=O)[O-])c2ccc(Cl)cc2)CCCC1=O. The molecule has 1 aliphatic rings. The van der Waals surface area contributed by atoms with Crippen molar-refractivity contribution in [3.05, 3.63) is 45.0 Å². The zero-order valence-corrected chi connectivity index (χ0v) is 15.3. The van der Waals surface area contributed by atoms with Crippen LogP contribution in [-0.4, -0.2) is 28.8 Å². The lowest BCUT2D eigenvalue weighted by atomic mass is 9.69. The third-order valence-corrected chi connectivity index (χ3v) is 4.69. The van der Waals surface area contributed by atoms with Gasteiger partial charge in [0.2, 0.25) is 6.54 Å². The van der Waals surface area contributed by atoms with Gasteiger partial charge in [-0.2, -0.15) is 0 Å². The number of Topliss-reactive ketones (excluding diaryl/α,β-unsaturated/α-hetero) is 1. The Hall–Kier alpha value is -1.95. The van der Waals surface area contributed by atoms with Crippen LogP contribution in [0.2, 0.25) is 5.02 Å². The Kier molecular flexibility index (Phi) is 5.52. The first-order valence-electron chi connectivity index (χ1n) is 8.20. The van der Waals surface area contributed by atoms with Crippen LogP contribution < -0.4 is 0 Å². The van der Waals surface area contributed by atoms with Crippen molar-refractivity contribution in [1.29, 1.82) is 0 Å². The topological polar surface area (TPSA) is 86.5 Å². The third-order valence-electron chi connectivity index (χ3n) is 4.43. The Bertz CT molecular complexity index is 680. The second-order valence-corrected chi connectivity index (χ2v) is 7.81. The normalized spacial score (nSPS) is 21.8. The highest BCUT2D eigenvalue weighted by Crippen LogP contribution is 2.48. The molecular formula is C18H22ClNO5. The minimum absolute atomic E-state index is 0.223. The smallest absolute Gasteiger partial charge is 0.321 e. The fraction of sp³-hybridized carbons (Fsp3) is 0.556. The highest BCUT2D eigenvalue weighted by Gasteiger charge is 2.58. The molecule has 2 atom stereocenters. The zero-order chi connectivity index (χ0) is 18.8. The monoisotopic (exact) mass is 367 g/mol. The predicted octanol–water partition coefficient (Wildman–Crippen LogP) is 3.78. The lowest BCUT2D eigenvalue weighted by Crippen LogP contribution is -2.47. The highest BCUT2D eigenvalue weighted by atomic mass is 35.5. The molecule has 1 saturated carbocycles. The molecule has 0 aromatic heterocycles. The van der Waals surface area contributed by atoms with Crippen LogP contribution in [0, 0.1) is 15.5 Å². The maximum atomic E-state index is 13.0. The molecule has 6 nitrogen and oxygen atoms in total. The Labute approximate surface area is 151 Å².